The Labute approximate surface area is 129 Å². The molecule has 20 heavy (non-hydrogen) atoms. The lowest BCUT2D eigenvalue weighted by molar-refractivity contribution is -0.122. The monoisotopic (exact) mass is 354 g/mol. The highest BCUT2D eigenvalue weighted by Gasteiger charge is 2.14. The van der Waals surface area contributed by atoms with Crippen molar-refractivity contribution < 1.29 is 9.90 Å². The molecule has 2 aromatic rings. The van der Waals surface area contributed by atoms with Crippen LogP contribution < -0.4 is 11.1 Å². The average Bonchev–Trinajstić information content (AvgIpc) is 2.84. The van der Waals surface area contributed by atoms with E-state index in [1.54, 1.807) is 35.6 Å². The van der Waals surface area contributed by atoms with E-state index in [1.807, 2.05) is 12.1 Å². The molecule has 4 N–H and O–H groups in total. The summed E-state index contributed by atoms with van der Waals surface area (Å²) in [4.78, 5) is 13.0. The zero-order valence-electron chi connectivity index (χ0n) is 10.7. The molecule has 1 aromatic carbocycles. The molecule has 0 bridgehead atoms. The molecule has 0 aliphatic carbocycles. The van der Waals surface area contributed by atoms with E-state index in [9.17, 15) is 9.90 Å². The van der Waals surface area contributed by atoms with Crippen LogP contribution in [0.2, 0.25) is 0 Å². The second-order valence-electron chi connectivity index (χ2n) is 4.40. The minimum absolute atomic E-state index is 0.178. The molecule has 1 heterocycles. The van der Waals surface area contributed by atoms with Gasteiger partial charge in [-0.05, 0) is 52.2 Å². The van der Waals surface area contributed by atoms with Gasteiger partial charge in [0.1, 0.15) is 5.75 Å². The Morgan fingerprint density at radius 1 is 1.30 bits per heavy atom. The minimum atomic E-state index is -0.594. The highest BCUT2D eigenvalue weighted by molar-refractivity contribution is 9.11. The maximum Gasteiger partial charge on any atom is 0.237 e. The number of rotatable bonds is 5. The number of phenolic OH excluding ortho intramolecular Hbond substituents is 1. The molecular formula is C14H15BrN2O2S. The van der Waals surface area contributed by atoms with E-state index < -0.39 is 6.04 Å². The van der Waals surface area contributed by atoms with Gasteiger partial charge in [-0.3, -0.25) is 4.79 Å². The second-order valence-corrected chi connectivity index (χ2v) is 6.95. The lowest BCUT2D eigenvalue weighted by Crippen LogP contribution is -2.41. The summed E-state index contributed by atoms with van der Waals surface area (Å²) in [5, 5.41) is 12.0. The summed E-state index contributed by atoms with van der Waals surface area (Å²) in [6, 6.07) is 10.0. The lowest BCUT2D eigenvalue weighted by atomic mass is 10.1. The van der Waals surface area contributed by atoms with Gasteiger partial charge in [0, 0.05) is 4.88 Å². The zero-order valence-corrected chi connectivity index (χ0v) is 13.1. The third-order valence-electron chi connectivity index (χ3n) is 2.79. The number of carbonyl (C=O) groups excluding carboxylic acids is 1. The van der Waals surface area contributed by atoms with Gasteiger partial charge in [-0.25, -0.2) is 0 Å². The van der Waals surface area contributed by atoms with E-state index in [2.05, 4.69) is 21.2 Å². The van der Waals surface area contributed by atoms with E-state index in [4.69, 9.17) is 5.73 Å². The SMILES string of the molecule is NC(Cc1ccc(O)cc1)C(=O)NCc1ccc(Br)s1. The normalized spacial score (nSPS) is 12.1. The fraction of sp³-hybridized carbons (Fsp3) is 0.214. The average molecular weight is 355 g/mol. The summed E-state index contributed by atoms with van der Waals surface area (Å²) in [6.45, 7) is 0.485. The first-order valence-electron chi connectivity index (χ1n) is 6.10. The van der Waals surface area contributed by atoms with Gasteiger partial charge in [0.2, 0.25) is 5.91 Å². The van der Waals surface area contributed by atoms with Crippen LogP contribution in [0.1, 0.15) is 10.4 Å². The highest BCUT2D eigenvalue weighted by Crippen LogP contribution is 2.21. The number of thiophene rings is 1. The van der Waals surface area contributed by atoms with Crippen molar-refractivity contribution in [3.8, 4) is 5.75 Å². The first-order valence-corrected chi connectivity index (χ1v) is 7.71. The molecule has 1 aromatic heterocycles. The number of amides is 1. The molecule has 0 aliphatic rings. The van der Waals surface area contributed by atoms with Crippen molar-refractivity contribution in [1.29, 1.82) is 0 Å². The number of benzene rings is 1. The summed E-state index contributed by atoms with van der Waals surface area (Å²) >= 11 is 4.96. The summed E-state index contributed by atoms with van der Waals surface area (Å²) in [5.74, 6) is 0.0256. The predicted molar refractivity (Wildman–Crippen MR) is 83.7 cm³/mol. The first kappa shape index (κ1) is 15.0. The van der Waals surface area contributed by atoms with Crippen molar-refractivity contribution in [2.24, 2.45) is 5.73 Å². The number of carbonyl (C=O) groups is 1. The standard InChI is InChI=1S/C14H15BrN2O2S/c15-13-6-5-11(20-13)8-17-14(19)12(16)7-9-1-3-10(18)4-2-9/h1-6,12,18H,7-8,16H2,(H,17,19). The number of halogens is 1. The van der Waals surface area contributed by atoms with Crippen LogP contribution in [0, 0.1) is 0 Å². The van der Waals surface area contributed by atoms with E-state index in [0.29, 0.717) is 13.0 Å². The van der Waals surface area contributed by atoms with Crippen LogP contribution in [-0.2, 0) is 17.8 Å². The Morgan fingerprint density at radius 2 is 2.00 bits per heavy atom. The van der Waals surface area contributed by atoms with Crippen molar-refractivity contribution in [2.45, 2.75) is 19.0 Å². The van der Waals surface area contributed by atoms with Crippen LogP contribution in [0.5, 0.6) is 5.75 Å². The van der Waals surface area contributed by atoms with Gasteiger partial charge in [-0.15, -0.1) is 11.3 Å². The Morgan fingerprint density at radius 3 is 2.60 bits per heavy atom. The molecule has 0 saturated carbocycles. The molecule has 1 atom stereocenters. The van der Waals surface area contributed by atoms with Gasteiger partial charge < -0.3 is 16.2 Å². The molecular weight excluding hydrogens is 340 g/mol. The van der Waals surface area contributed by atoms with Gasteiger partial charge in [0.25, 0.3) is 0 Å². The number of nitrogens with two attached hydrogens (primary N) is 1. The van der Waals surface area contributed by atoms with Crippen LogP contribution in [0.4, 0.5) is 0 Å². The zero-order chi connectivity index (χ0) is 14.5. The fourth-order valence-corrected chi connectivity index (χ4v) is 3.15. The third-order valence-corrected chi connectivity index (χ3v) is 4.42. The van der Waals surface area contributed by atoms with Gasteiger partial charge in [0.15, 0.2) is 0 Å². The van der Waals surface area contributed by atoms with E-state index >= 15 is 0 Å². The highest BCUT2D eigenvalue weighted by atomic mass is 79.9. The predicted octanol–water partition coefficient (Wildman–Crippen LogP) is 2.40. The van der Waals surface area contributed by atoms with Crippen LogP contribution in [0.15, 0.2) is 40.2 Å². The van der Waals surface area contributed by atoms with Crippen molar-refractivity contribution in [1.82, 2.24) is 5.32 Å². The Hall–Kier alpha value is -1.37. The molecule has 0 spiro atoms. The fourth-order valence-electron chi connectivity index (χ4n) is 1.73. The number of nitrogens with one attached hydrogen (secondary N) is 1. The molecule has 0 radical (unpaired) electrons. The number of hydrogen-bond acceptors (Lipinski definition) is 4. The van der Waals surface area contributed by atoms with Crippen molar-refractivity contribution in [3.05, 3.63) is 50.6 Å². The minimum Gasteiger partial charge on any atom is -0.508 e. The van der Waals surface area contributed by atoms with Crippen LogP contribution in [-0.4, -0.2) is 17.1 Å². The maximum atomic E-state index is 11.9. The molecule has 6 heteroatoms. The molecule has 106 valence electrons. The van der Waals surface area contributed by atoms with Gasteiger partial charge in [-0.1, -0.05) is 12.1 Å². The van der Waals surface area contributed by atoms with Crippen molar-refractivity contribution in [3.63, 3.8) is 0 Å². The quantitative estimate of drug-likeness (QED) is 0.771. The first-order chi connectivity index (χ1) is 9.54. The Balaban J connectivity index is 1.84. The summed E-state index contributed by atoms with van der Waals surface area (Å²) in [6.07, 6.45) is 0.445. The van der Waals surface area contributed by atoms with Crippen molar-refractivity contribution in [2.75, 3.05) is 0 Å². The van der Waals surface area contributed by atoms with Crippen LogP contribution in [0.25, 0.3) is 0 Å². The van der Waals surface area contributed by atoms with Crippen LogP contribution in [0.3, 0.4) is 0 Å². The third kappa shape index (κ3) is 4.33. The van der Waals surface area contributed by atoms with Crippen LogP contribution >= 0.6 is 27.3 Å². The summed E-state index contributed by atoms with van der Waals surface area (Å²) in [5.41, 5.74) is 6.80. The van der Waals surface area contributed by atoms with Gasteiger partial charge in [-0.2, -0.15) is 0 Å². The number of phenols is 1. The molecule has 2 rings (SSSR count). The summed E-state index contributed by atoms with van der Waals surface area (Å²) in [7, 11) is 0. The Bertz CT molecular complexity index is 583. The molecule has 0 saturated heterocycles. The molecule has 1 unspecified atom stereocenters. The maximum absolute atomic E-state index is 11.9. The molecule has 0 aliphatic heterocycles. The number of hydrogen-bond donors (Lipinski definition) is 3. The Kier molecular flexibility index (Phi) is 5.17. The summed E-state index contributed by atoms with van der Waals surface area (Å²) < 4.78 is 1.04. The second kappa shape index (κ2) is 6.88. The van der Waals surface area contributed by atoms with Gasteiger partial charge in [0.05, 0.1) is 16.4 Å². The van der Waals surface area contributed by atoms with E-state index in [0.717, 1.165) is 14.2 Å². The van der Waals surface area contributed by atoms with Crippen molar-refractivity contribution >= 4 is 33.2 Å². The van der Waals surface area contributed by atoms with E-state index in [-0.39, 0.29) is 11.7 Å². The largest absolute Gasteiger partial charge is 0.508 e. The van der Waals surface area contributed by atoms with E-state index in [1.165, 1.54) is 0 Å². The topological polar surface area (TPSA) is 75.3 Å². The lowest BCUT2D eigenvalue weighted by Gasteiger charge is -2.12. The smallest absolute Gasteiger partial charge is 0.237 e. The molecule has 1 amide bonds. The molecule has 4 nitrogen and oxygen atoms in total. The molecule has 0 fully saturated rings. The van der Waals surface area contributed by atoms with Gasteiger partial charge >= 0.3 is 0 Å². The number of aromatic hydroxyl groups is 1.